The molecule has 4 rings (SSSR count). The highest BCUT2D eigenvalue weighted by atomic mass is 16.5. The molecule has 0 N–H and O–H groups in total. The number of imidazole rings is 1. The molecule has 0 aliphatic heterocycles. The highest BCUT2D eigenvalue weighted by molar-refractivity contribution is 5.81. The minimum Gasteiger partial charge on any atom is -0.493 e. The average Bonchev–Trinajstić information content (AvgIpc) is 3.07. The first-order chi connectivity index (χ1) is 13.3. The largest absolute Gasteiger partial charge is 0.493 e. The summed E-state index contributed by atoms with van der Waals surface area (Å²) in [6.45, 7) is 3.34. The van der Waals surface area contributed by atoms with Crippen molar-refractivity contribution in [1.82, 2.24) is 9.55 Å². The maximum absolute atomic E-state index is 6.00. The number of para-hydroxylation sites is 4. The molecule has 0 aliphatic carbocycles. The smallest absolute Gasteiger partial charge is 0.161 e. The van der Waals surface area contributed by atoms with Crippen LogP contribution in [0.2, 0.25) is 0 Å². The van der Waals surface area contributed by atoms with E-state index in [0.717, 1.165) is 33.9 Å². The van der Waals surface area contributed by atoms with Gasteiger partial charge in [-0.15, -0.1) is 0 Å². The number of hydrogen-bond acceptors (Lipinski definition) is 3. The van der Waals surface area contributed by atoms with Crippen LogP contribution in [0, 0.1) is 6.92 Å². The van der Waals surface area contributed by atoms with Gasteiger partial charge in [0.2, 0.25) is 0 Å². The summed E-state index contributed by atoms with van der Waals surface area (Å²) >= 11 is 0. The molecule has 0 aliphatic rings. The van der Waals surface area contributed by atoms with Crippen molar-refractivity contribution in [3.05, 3.63) is 78.4 Å². The van der Waals surface area contributed by atoms with Crippen molar-refractivity contribution >= 4 is 11.0 Å². The van der Waals surface area contributed by atoms with Crippen LogP contribution in [0.15, 0.2) is 72.8 Å². The Morgan fingerprint density at radius 1 is 0.852 bits per heavy atom. The molecule has 3 aromatic carbocycles. The molecule has 27 heavy (non-hydrogen) atoms. The fraction of sp³-hybridized carbons (Fsp3) is 0.174. The molecule has 0 bridgehead atoms. The molecule has 0 amide bonds. The third kappa shape index (κ3) is 3.38. The third-order valence-corrected chi connectivity index (χ3v) is 4.68. The molecule has 0 radical (unpaired) electrons. The number of hydrogen-bond donors (Lipinski definition) is 0. The van der Waals surface area contributed by atoms with Crippen LogP contribution in [-0.2, 0) is 6.54 Å². The van der Waals surface area contributed by atoms with Crippen LogP contribution >= 0.6 is 0 Å². The van der Waals surface area contributed by atoms with E-state index in [-0.39, 0.29) is 0 Å². The number of methoxy groups -OCH3 is 1. The second-order valence-corrected chi connectivity index (χ2v) is 6.39. The topological polar surface area (TPSA) is 36.3 Å². The van der Waals surface area contributed by atoms with E-state index >= 15 is 0 Å². The lowest BCUT2D eigenvalue weighted by Crippen LogP contribution is -2.10. The van der Waals surface area contributed by atoms with Gasteiger partial charge in [-0.3, -0.25) is 0 Å². The fourth-order valence-corrected chi connectivity index (χ4v) is 3.32. The Labute approximate surface area is 159 Å². The van der Waals surface area contributed by atoms with Gasteiger partial charge < -0.3 is 14.0 Å². The Balaban J connectivity index is 1.66. The minimum absolute atomic E-state index is 0.527. The molecule has 0 saturated carbocycles. The van der Waals surface area contributed by atoms with Crippen molar-refractivity contribution < 1.29 is 9.47 Å². The first-order valence-corrected chi connectivity index (χ1v) is 9.05. The first kappa shape index (κ1) is 17.2. The average molecular weight is 358 g/mol. The van der Waals surface area contributed by atoms with Gasteiger partial charge in [0.25, 0.3) is 0 Å². The van der Waals surface area contributed by atoms with Gasteiger partial charge in [0.05, 0.1) is 24.7 Å². The van der Waals surface area contributed by atoms with E-state index in [4.69, 9.17) is 14.5 Å². The molecule has 0 saturated heterocycles. The second kappa shape index (κ2) is 7.54. The molecule has 0 spiro atoms. The molecule has 136 valence electrons. The first-order valence-electron chi connectivity index (χ1n) is 9.05. The van der Waals surface area contributed by atoms with E-state index in [0.29, 0.717) is 13.2 Å². The Morgan fingerprint density at radius 2 is 1.56 bits per heavy atom. The Hall–Kier alpha value is -3.27. The second-order valence-electron chi connectivity index (χ2n) is 6.39. The minimum atomic E-state index is 0.527. The van der Waals surface area contributed by atoms with Gasteiger partial charge in [-0.1, -0.05) is 48.5 Å². The fourth-order valence-electron chi connectivity index (χ4n) is 3.32. The molecule has 0 fully saturated rings. The van der Waals surface area contributed by atoms with Gasteiger partial charge in [0.15, 0.2) is 11.5 Å². The number of ether oxygens (including phenoxy) is 2. The molecule has 1 heterocycles. The van der Waals surface area contributed by atoms with E-state index < -0.39 is 0 Å². The predicted molar refractivity (Wildman–Crippen MR) is 108 cm³/mol. The lowest BCUT2D eigenvalue weighted by molar-refractivity contribution is 0.281. The van der Waals surface area contributed by atoms with Crippen LogP contribution in [0.25, 0.3) is 22.4 Å². The molecule has 4 heteroatoms. The molecule has 4 nitrogen and oxygen atoms in total. The predicted octanol–water partition coefficient (Wildman–Crippen LogP) is 5.10. The van der Waals surface area contributed by atoms with Crippen molar-refractivity contribution in [2.24, 2.45) is 0 Å². The molecule has 0 atom stereocenters. The van der Waals surface area contributed by atoms with E-state index in [1.807, 2.05) is 36.4 Å². The lowest BCUT2D eigenvalue weighted by Gasteiger charge is -2.13. The Morgan fingerprint density at radius 3 is 2.37 bits per heavy atom. The van der Waals surface area contributed by atoms with E-state index in [9.17, 15) is 0 Å². The van der Waals surface area contributed by atoms with Crippen molar-refractivity contribution in [2.75, 3.05) is 13.7 Å². The van der Waals surface area contributed by atoms with Gasteiger partial charge in [-0.2, -0.15) is 0 Å². The van der Waals surface area contributed by atoms with Gasteiger partial charge in [-0.05, 0) is 36.8 Å². The number of aryl methyl sites for hydroxylation is 1. The van der Waals surface area contributed by atoms with Crippen molar-refractivity contribution in [1.29, 1.82) is 0 Å². The summed E-state index contributed by atoms with van der Waals surface area (Å²) in [5.41, 5.74) is 4.46. The number of fused-ring (bicyclic) bond motifs is 1. The molecular formula is C23H22N2O2. The van der Waals surface area contributed by atoms with Gasteiger partial charge in [-0.25, -0.2) is 4.98 Å². The normalized spacial score (nSPS) is 10.9. The number of benzene rings is 3. The van der Waals surface area contributed by atoms with Crippen LogP contribution in [0.5, 0.6) is 11.5 Å². The number of rotatable bonds is 6. The molecule has 0 unspecified atom stereocenters. The Bertz CT molecular complexity index is 1070. The van der Waals surface area contributed by atoms with Crippen LogP contribution in [0.4, 0.5) is 0 Å². The highest BCUT2D eigenvalue weighted by Crippen LogP contribution is 2.28. The zero-order valence-corrected chi connectivity index (χ0v) is 15.6. The SMILES string of the molecule is COc1ccccc1OCCn1c(-c2ccccc2C)nc2ccccc21. The summed E-state index contributed by atoms with van der Waals surface area (Å²) in [4.78, 5) is 4.89. The zero-order chi connectivity index (χ0) is 18.6. The quantitative estimate of drug-likeness (QED) is 0.481. The standard InChI is InChI=1S/C23H22N2O2/c1-17-9-3-4-10-18(17)23-24-19-11-5-6-12-20(19)25(23)15-16-27-22-14-8-7-13-21(22)26-2/h3-14H,15-16H2,1-2H3. The third-order valence-electron chi connectivity index (χ3n) is 4.68. The summed E-state index contributed by atoms with van der Waals surface area (Å²) in [5, 5.41) is 0. The van der Waals surface area contributed by atoms with Crippen molar-refractivity contribution in [2.45, 2.75) is 13.5 Å². The van der Waals surface area contributed by atoms with Crippen LogP contribution in [0.1, 0.15) is 5.56 Å². The maximum atomic E-state index is 6.00. The molecular weight excluding hydrogens is 336 g/mol. The van der Waals surface area contributed by atoms with Gasteiger partial charge in [0, 0.05) is 5.56 Å². The van der Waals surface area contributed by atoms with Crippen molar-refractivity contribution in [3.8, 4) is 22.9 Å². The highest BCUT2D eigenvalue weighted by Gasteiger charge is 2.14. The summed E-state index contributed by atoms with van der Waals surface area (Å²) in [5.74, 6) is 2.46. The van der Waals surface area contributed by atoms with Gasteiger partial charge >= 0.3 is 0 Å². The number of nitrogens with zero attached hydrogens (tertiary/aromatic N) is 2. The van der Waals surface area contributed by atoms with Crippen LogP contribution in [-0.4, -0.2) is 23.3 Å². The van der Waals surface area contributed by atoms with Gasteiger partial charge in [0.1, 0.15) is 12.4 Å². The van der Waals surface area contributed by atoms with Crippen LogP contribution < -0.4 is 9.47 Å². The Kier molecular flexibility index (Phi) is 4.79. The summed E-state index contributed by atoms with van der Waals surface area (Å²) < 4.78 is 13.6. The molecule has 1 aromatic heterocycles. The lowest BCUT2D eigenvalue weighted by atomic mass is 10.1. The van der Waals surface area contributed by atoms with Crippen molar-refractivity contribution in [3.63, 3.8) is 0 Å². The summed E-state index contributed by atoms with van der Waals surface area (Å²) in [6, 6.07) is 24.3. The van der Waals surface area contributed by atoms with Crippen LogP contribution in [0.3, 0.4) is 0 Å². The summed E-state index contributed by atoms with van der Waals surface area (Å²) in [6.07, 6.45) is 0. The monoisotopic (exact) mass is 358 g/mol. The maximum Gasteiger partial charge on any atom is 0.161 e. The molecule has 4 aromatic rings. The van der Waals surface area contributed by atoms with E-state index in [2.05, 4.69) is 47.9 Å². The zero-order valence-electron chi connectivity index (χ0n) is 15.6. The summed E-state index contributed by atoms with van der Waals surface area (Å²) in [7, 11) is 1.65. The van der Waals surface area contributed by atoms with E-state index in [1.165, 1.54) is 5.56 Å². The van der Waals surface area contributed by atoms with E-state index in [1.54, 1.807) is 7.11 Å². The number of aromatic nitrogens is 2.